The first-order valence-electron chi connectivity index (χ1n) is 10.8. The number of rotatable bonds is 4. The SMILES string of the molecule is Cc1c(O)ccc2c(CN3CCCN(CC4CCCCC4)CC3)cc(=O)oc12. The second-order valence-corrected chi connectivity index (χ2v) is 8.61. The molecule has 1 saturated heterocycles. The van der Waals surface area contributed by atoms with Crippen LogP contribution in [0.15, 0.2) is 27.4 Å². The third kappa shape index (κ3) is 4.41. The summed E-state index contributed by atoms with van der Waals surface area (Å²) in [6.07, 6.45) is 8.20. The Morgan fingerprint density at radius 3 is 2.61 bits per heavy atom. The van der Waals surface area contributed by atoms with Crippen molar-refractivity contribution >= 4 is 11.0 Å². The van der Waals surface area contributed by atoms with Gasteiger partial charge in [0.15, 0.2) is 0 Å². The van der Waals surface area contributed by atoms with E-state index in [4.69, 9.17) is 4.42 Å². The van der Waals surface area contributed by atoms with Crippen LogP contribution in [0.4, 0.5) is 0 Å². The van der Waals surface area contributed by atoms with Gasteiger partial charge in [-0.2, -0.15) is 0 Å². The van der Waals surface area contributed by atoms with E-state index >= 15 is 0 Å². The summed E-state index contributed by atoms with van der Waals surface area (Å²) in [5, 5.41) is 10.9. The lowest BCUT2D eigenvalue weighted by atomic mass is 9.89. The van der Waals surface area contributed by atoms with Gasteiger partial charge in [-0.3, -0.25) is 4.90 Å². The van der Waals surface area contributed by atoms with Crippen LogP contribution in [0.2, 0.25) is 0 Å². The largest absolute Gasteiger partial charge is 0.508 e. The van der Waals surface area contributed by atoms with Crippen LogP contribution in [0.1, 0.15) is 49.7 Å². The molecule has 5 heteroatoms. The first kappa shape index (κ1) is 19.5. The zero-order valence-corrected chi connectivity index (χ0v) is 17.0. The number of hydrogen-bond donors (Lipinski definition) is 1. The topological polar surface area (TPSA) is 56.9 Å². The zero-order chi connectivity index (χ0) is 19.5. The maximum atomic E-state index is 12.1. The number of phenols is 1. The van der Waals surface area contributed by atoms with E-state index in [0.717, 1.165) is 43.0 Å². The number of aromatic hydroxyl groups is 1. The van der Waals surface area contributed by atoms with Gasteiger partial charge in [-0.05, 0) is 62.9 Å². The molecule has 2 aliphatic rings. The molecule has 2 fully saturated rings. The van der Waals surface area contributed by atoms with Gasteiger partial charge < -0.3 is 14.4 Å². The molecule has 1 saturated carbocycles. The normalized spacial score (nSPS) is 20.5. The van der Waals surface area contributed by atoms with Crippen LogP contribution >= 0.6 is 0 Å². The Hall–Kier alpha value is -1.85. The maximum absolute atomic E-state index is 12.1. The molecular weight excluding hydrogens is 352 g/mol. The fourth-order valence-electron chi connectivity index (χ4n) is 4.89. The lowest BCUT2D eigenvalue weighted by Gasteiger charge is -2.29. The molecule has 0 amide bonds. The highest BCUT2D eigenvalue weighted by Gasteiger charge is 2.21. The Balaban J connectivity index is 1.44. The van der Waals surface area contributed by atoms with E-state index in [1.807, 2.05) is 6.07 Å². The first-order chi connectivity index (χ1) is 13.6. The van der Waals surface area contributed by atoms with E-state index in [1.54, 1.807) is 19.1 Å². The molecule has 28 heavy (non-hydrogen) atoms. The fraction of sp³-hybridized carbons (Fsp3) is 0.609. The van der Waals surface area contributed by atoms with Crippen LogP contribution in [0, 0.1) is 12.8 Å². The summed E-state index contributed by atoms with van der Waals surface area (Å²) in [5.74, 6) is 1.06. The lowest BCUT2D eigenvalue weighted by molar-refractivity contribution is 0.200. The Morgan fingerprint density at radius 1 is 1.04 bits per heavy atom. The average Bonchev–Trinajstić information content (AvgIpc) is 2.91. The van der Waals surface area contributed by atoms with Crippen LogP contribution in [0.25, 0.3) is 11.0 Å². The standard InChI is InChI=1S/C23H32N2O3/c1-17-21(26)9-8-20-19(14-22(27)28-23(17)20)16-25-11-5-10-24(12-13-25)15-18-6-3-2-4-7-18/h8-9,14,18,26H,2-7,10-13,15-16H2,1H3. The molecule has 1 aliphatic carbocycles. The van der Waals surface area contributed by atoms with Crippen molar-refractivity contribution in [3.8, 4) is 5.75 Å². The molecule has 0 atom stereocenters. The highest BCUT2D eigenvalue weighted by Crippen LogP contribution is 2.28. The summed E-state index contributed by atoms with van der Waals surface area (Å²) in [7, 11) is 0. The van der Waals surface area contributed by atoms with Gasteiger partial charge in [0.1, 0.15) is 11.3 Å². The molecule has 1 N–H and O–H groups in total. The van der Waals surface area contributed by atoms with Gasteiger partial charge in [0.25, 0.3) is 0 Å². The fourth-order valence-corrected chi connectivity index (χ4v) is 4.89. The highest BCUT2D eigenvalue weighted by atomic mass is 16.4. The average molecular weight is 385 g/mol. The summed E-state index contributed by atoms with van der Waals surface area (Å²) in [5.41, 5.74) is 1.79. The number of phenolic OH excluding ortho intramolecular Hbond substituents is 1. The van der Waals surface area contributed by atoms with Crippen LogP contribution < -0.4 is 5.63 Å². The van der Waals surface area contributed by atoms with Crippen LogP contribution in [-0.4, -0.2) is 47.6 Å². The van der Waals surface area contributed by atoms with Gasteiger partial charge in [-0.1, -0.05) is 19.3 Å². The van der Waals surface area contributed by atoms with Gasteiger partial charge in [0, 0.05) is 43.2 Å². The Bertz CT molecular complexity index is 870. The third-order valence-corrected chi connectivity index (χ3v) is 6.53. The van der Waals surface area contributed by atoms with Crippen molar-refractivity contribution in [2.24, 2.45) is 5.92 Å². The van der Waals surface area contributed by atoms with Crippen molar-refractivity contribution in [3.05, 3.63) is 39.7 Å². The molecule has 0 bridgehead atoms. The molecule has 4 rings (SSSR count). The predicted molar refractivity (Wildman–Crippen MR) is 112 cm³/mol. The van der Waals surface area contributed by atoms with Crippen molar-refractivity contribution in [2.45, 2.75) is 52.0 Å². The Kier molecular flexibility index (Phi) is 6.02. The predicted octanol–water partition coefficient (Wildman–Crippen LogP) is 3.90. The molecule has 0 spiro atoms. The van der Waals surface area contributed by atoms with Crippen LogP contribution in [-0.2, 0) is 6.54 Å². The van der Waals surface area contributed by atoms with Crippen LogP contribution in [0.5, 0.6) is 5.75 Å². The molecule has 1 aliphatic heterocycles. The third-order valence-electron chi connectivity index (χ3n) is 6.53. The summed E-state index contributed by atoms with van der Waals surface area (Å²) >= 11 is 0. The number of aryl methyl sites for hydroxylation is 1. The minimum Gasteiger partial charge on any atom is -0.508 e. The summed E-state index contributed by atoms with van der Waals surface area (Å²) in [4.78, 5) is 17.2. The van der Waals surface area contributed by atoms with Gasteiger partial charge in [0.2, 0.25) is 0 Å². The number of hydrogen-bond acceptors (Lipinski definition) is 5. The number of nitrogens with zero attached hydrogens (tertiary/aromatic N) is 2. The van der Waals surface area contributed by atoms with Gasteiger partial charge in [-0.25, -0.2) is 4.79 Å². The van der Waals surface area contributed by atoms with E-state index < -0.39 is 0 Å². The smallest absolute Gasteiger partial charge is 0.336 e. The van der Waals surface area contributed by atoms with E-state index in [0.29, 0.717) is 11.1 Å². The summed E-state index contributed by atoms with van der Waals surface area (Å²) in [6, 6.07) is 5.17. The number of fused-ring (bicyclic) bond motifs is 1. The summed E-state index contributed by atoms with van der Waals surface area (Å²) in [6.45, 7) is 8.17. The van der Waals surface area contributed by atoms with Crippen molar-refractivity contribution in [2.75, 3.05) is 32.7 Å². The van der Waals surface area contributed by atoms with Gasteiger partial charge >= 0.3 is 5.63 Å². The zero-order valence-electron chi connectivity index (χ0n) is 17.0. The number of benzene rings is 1. The van der Waals surface area contributed by atoms with E-state index in [9.17, 15) is 9.90 Å². The quantitative estimate of drug-likeness (QED) is 0.811. The molecule has 152 valence electrons. The molecule has 5 nitrogen and oxygen atoms in total. The Morgan fingerprint density at radius 2 is 1.79 bits per heavy atom. The Labute approximate surface area is 166 Å². The second-order valence-electron chi connectivity index (χ2n) is 8.61. The van der Waals surface area contributed by atoms with Crippen molar-refractivity contribution in [3.63, 3.8) is 0 Å². The maximum Gasteiger partial charge on any atom is 0.336 e. The molecule has 0 unspecified atom stereocenters. The van der Waals surface area contributed by atoms with Gasteiger partial charge in [-0.15, -0.1) is 0 Å². The highest BCUT2D eigenvalue weighted by molar-refractivity contribution is 5.84. The molecule has 0 radical (unpaired) electrons. The van der Waals surface area contributed by atoms with Gasteiger partial charge in [0.05, 0.1) is 0 Å². The molecule has 1 aromatic carbocycles. The van der Waals surface area contributed by atoms with E-state index in [2.05, 4.69) is 9.80 Å². The molecule has 2 heterocycles. The van der Waals surface area contributed by atoms with Crippen LogP contribution in [0.3, 0.4) is 0 Å². The molecule has 2 aromatic rings. The lowest BCUT2D eigenvalue weighted by Crippen LogP contribution is -2.34. The van der Waals surface area contributed by atoms with Crippen molar-refractivity contribution in [1.82, 2.24) is 9.80 Å². The minimum atomic E-state index is -0.343. The molecular formula is C23H32N2O3. The minimum absolute atomic E-state index is 0.168. The van der Waals surface area contributed by atoms with Crippen molar-refractivity contribution in [1.29, 1.82) is 0 Å². The monoisotopic (exact) mass is 384 g/mol. The second kappa shape index (κ2) is 8.66. The van der Waals surface area contributed by atoms with Crippen molar-refractivity contribution < 1.29 is 9.52 Å². The van der Waals surface area contributed by atoms with E-state index in [1.165, 1.54) is 51.6 Å². The first-order valence-corrected chi connectivity index (χ1v) is 10.8. The summed E-state index contributed by atoms with van der Waals surface area (Å²) < 4.78 is 5.39. The van der Waals surface area contributed by atoms with E-state index in [-0.39, 0.29) is 11.4 Å². The molecule has 1 aromatic heterocycles.